The number of hydrogen-bond donors (Lipinski definition) is 2. The Balaban J connectivity index is 0.00000112. The van der Waals surface area contributed by atoms with E-state index in [1.165, 1.54) is 0 Å². The molecule has 0 atom stereocenters. The van der Waals surface area contributed by atoms with Crippen molar-refractivity contribution in [2.75, 3.05) is 18.4 Å². The normalized spacial score (nSPS) is 13.9. The molecule has 0 fully saturated rings. The van der Waals surface area contributed by atoms with Crippen molar-refractivity contribution >= 4 is 35.7 Å². The summed E-state index contributed by atoms with van der Waals surface area (Å²) in [5.74, 6) is 0.829. The summed E-state index contributed by atoms with van der Waals surface area (Å²) in [6, 6.07) is 5.77. The number of benzene rings is 1. The van der Waals surface area contributed by atoms with Crippen LogP contribution in [0.4, 0.5) is 5.69 Å². The van der Waals surface area contributed by atoms with Crippen molar-refractivity contribution in [2.24, 2.45) is 4.99 Å². The van der Waals surface area contributed by atoms with Crippen molar-refractivity contribution in [2.45, 2.75) is 6.92 Å². The van der Waals surface area contributed by atoms with Gasteiger partial charge in [-0.3, -0.25) is 4.99 Å². The van der Waals surface area contributed by atoms with Crippen LogP contribution in [0.1, 0.15) is 5.56 Å². The van der Waals surface area contributed by atoms with E-state index >= 15 is 0 Å². The maximum Gasteiger partial charge on any atom is 0.195 e. The monoisotopic (exact) mass is 245 g/mol. The lowest BCUT2D eigenvalue weighted by Crippen LogP contribution is -2.26. The summed E-state index contributed by atoms with van der Waals surface area (Å²) in [5, 5.41) is 7.09. The van der Waals surface area contributed by atoms with Crippen LogP contribution in [-0.4, -0.2) is 19.0 Å². The SMILES string of the molecule is Cc1ccc(Cl)cc1NC1=NCCN1.Cl. The molecule has 3 nitrogen and oxygen atoms in total. The fourth-order valence-electron chi connectivity index (χ4n) is 1.34. The van der Waals surface area contributed by atoms with Gasteiger partial charge < -0.3 is 10.6 Å². The van der Waals surface area contributed by atoms with Gasteiger partial charge >= 0.3 is 0 Å². The molecule has 1 aliphatic rings. The van der Waals surface area contributed by atoms with Gasteiger partial charge in [0.1, 0.15) is 0 Å². The molecular formula is C10H13Cl2N3. The quantitative estimate of drug-likeness (QED) is 0.798. The van der Waals surface area contributed by atoms with Gasteiger partial charge in [-0.2, -0.15) is 0 Å². The Morgan fingerprint density at radius 1 is 1.47 bits per heavy atom. The molecule has 2 rings (SSSR count). The van der Waals surface area contributed by atoms with E-state index in [-0.39, 0.29) is 12.4 Å². The summed E-state index contributed by atoms with van der Waals surface area (Å²) in [6.45, 7) is 3.78. The molecule has 0 aliphatic carbocycles. The zero-order valence-corrected chi connectivity index (χ0v) is 9.95. The van der Waals surface area contributed by atoms with Crippen LogP contribution in [0, 0.1) is 6.92 Å². The first-order valence-electron chi connectivity index (χ1n) is 4.57. The summed E-state index contributed by atoms with van der Waals surface area (Å²) in [4.78, 5) is 4.25. The third-order valence-electron chi connectivity index (χ3n) is 2.13. The topological polar surface area (TPSA) is 36.4 Å². The molecule has 0 spiro atoms. The van der Waals surface area contributed by atoms with E-state index in [0.29, 0.717) is 0 Å². The molecule has 2 N–H and O–H groups in total. The van der Waals surface area contributed by atoms with Gasteiger partial charge in [0.15, 0.2) is 5.96 Å². The Morgan fingerprint density at radius 3 is 2.93 bits per heavy atom. The van der Waals surface area contributed by atoms with Crippen LogP contribution in [0.15, 0.2) is 23.2 Å². The van der Waals surface area contributed by atoms with Crippen LogP contribution in [0.5, 0.6) is 0 Å². The number of aliphatic imine (C=N–C) groups is 1. The van der Waals surface area contributed by atoms with E-state index in [2.05, 4.69) is 15.6 Å². The predicted octanol–water partition coefficient (Wildman–Crippen LogP) is 2.44. The third-order valence-corrected chi connectivity index (χ3v) is 2.36. The van der Waals surface area contributed by atoms with Gasteiger partial charge in [-0.1, -0.05) is 17.7 Å². The number of hydrogen-bond acceptors (Lipinski definition) is 3. The lowest BCUT2D eigenvalue weighted by molar-refractivity contribution is 0.959. The van der Waals surface area contributed by atoms with Crippen molar-refractivity contribution in [1.29, 1.82) is 0 Å². The number of halogens is 2. The van der Waals surface area contributed by atoms with Crippen molar-refractivity contribution in [3.05, 3.63) is 28.8 Å². The smallest absolute Gasteiger partial charge is 0.195 e. The van der Waals surface area contributed by atoms with Gasteiger partial charge in [0.2, 0.25) is 0 Å². The summed E-state index contributed by atoms with van der Waals surface area (Å²) in [7, 11) is 0. The van der Waals surface area contributed by atoms with Crippen LogP contribution in [0.25, 0.3) is 0 Å². The zero-order valence-electron chi connectivity index (χ0n) is 8.38. The maximum atomic E-state index is 5.90. The zero-order chi connectivity index (χ0) is 9.97. The molecule has 0 unspecified atom stereocenters. The first-order valence-corrected chi connectivity index (χ1v) is 4.95. The Kier molecular flexibility index (Phi) is 4.24. The lowest BCUT2D eigenvalue weighted by atomic mass is 10.2. The molecule has 0 saturated carbocycles. The number of nitrogens with zero attached hydrogens (tertiary/aromatic N) is 1. The van der Waals surface area contributed by atoms with Crippen molar-refractivity contribution in [3.63, 3.8) is 0 Å². The summed E-state index contributed by atoms with van der Waals surface area (Å²) in [5.41, 5.74) is 2.16. The average molecular weight is 246 g/mol. The van der Waals surface area contributed by atoms with Gasteiger partial charge in [-0.05, 0) is 24.6 Å². The summed E-state index contributed by atoms with van der Waals surface area (Å²) >= 11 is 5.90. The van der Waals surface area contributed by atoms with Crippen LogP contribution in [0.3, 0.4) is 0 Å². The molecule has 1 aromatic carbocycles. The average Bonchev–Trinajstić information content (AvgIpc) is 2.64. The largest absolute Gasteiger partial charge is 0.354 e. The van der Waals surface area contributed by atoms with Crippen LogP contribution in [0.2, 0.25) is 5.02 Å². The fraction of sp³-hybridized carbons (Fsp3) is 0.300. The van der Waals surface area contributed by atoms with Crippen LogP contribution in [-0.2, 0) is 0 Å². The minimum absolute atomic E-state index is 0. The third kappa shape index (κ3) is 3.01. The van der Waals surface area contributed by atoms with Crippen LogP contribution < -0.4 is 10.6 Å². The predicted molar refractivity (Wildman–Crippen MR) is 67.4 cm³/mol. The lowest BCUT2D eigenvalue weighted by Gasteiger charge is -2.09. The van der Waals surface area contributed by atoms with Crippen molar-refractivity contribution < 1.29 is 0 Å². The second-order valence-electron chi connectivity index (χ2n) is 3.24. The molecule has 1 heterocycles. The van der Waals surface area contributed by atoms with Gasteiger partial charge in [-0.15, -0.1) is 12.4 Å². The molecule has 1 aliphatic heterocycles. The minimum Gasteiger partial charge on any atom is -0.354 e. The van der Waals surface area contributed by atoms with Gasteiger partial charge in [0, 0.05) is 17.3 Å². The second kappa shape index (κ2) is 5.24. The number of anilines is 1. The second-order valence-corrected chi connectivity index (χ2v) is 3.68. The highest BCUT2D eigenvalue weighted by atomic mass is 35.5. The minimum atomic E-state index is 0. The first kappa shape index (κ1) is 12.1. The highest BCUT2D eigenvalue weighted by Gasteiger charge is 2.06. The van der Waals surface area contributed by atoms with Crippen molar-refractivity contribution in [3.8, 4) is 0 Å². The molecule has 82 valence electrons. The Hall–Kier alpha value is -0.930. The van der Waals surface area contributed by atoms with E-state index in [4.69, 9.17) is 11.6 Å². The van der Waals surface area contributed by atoms with E-state index in [0.717, 1.165) is 35.3 Å². The van der Waals surface area contributed by atoms with E-state index in [9.17, 15) is 0 Å². The van der Waals surface area contributed by atoms with Gasteiger partial charge in [-0.25, -0.2) is 0 Å². The molecule has 1 aromatic rings. The highest BCUT2D eigenvalue weighted by Crippen LogP contribution is 2.20. The molecular weight excluding hydrogens is 233 g/mol. The van der Waals surface area contributed by atoms with Gasteiger partial charge in [0.05, 0.1) is 6.54 Å². The Morgan fingerprint density at radius 2 is 2.27 bits per heavy atom. The number of rotatable bonds is 1. The molecule has 5 heteroatoms. The molecule has 0 bridgehead atoms. The number of guanidine groups is 1. The Bertz CT molecular complexity index is 377. The molecule has 0 aromatic heterocycles. The van der Waals surface area contributed by atoms with E-state index < -0.39 is 0 Å². The van der Waals surface area contributed by atoms with Gasteiger partial charge in [0.25, 0.3) is 0 Å². The standard InChI is InChI=1S/C10H12ClN3.ClH/c1-7-2-3-8(11)6-9(7)14-10-12-4-5-13-10;/h2-3,6H,4-5H2,1H3,(H2,12,13,14);1H. The molecule has 0 amide bonds. The van der Waals surface area contributed by atoms with E-state index in [1.54, 1.807) is 0 Å². The number of nitrogens with one attached hydrogen (secondary N) is 2. The highest BCUT2D eigenvalue weighted by molar-refractivity contribution is 6.31. The number of aryl methyl sites for hydroxylation is 1. The maximum absolute atomic E-state index is 5.90. The molecule has 0 radical (unpaired) electrons. The molecule has 0 saturated heterocycles. The van der Waals surface area contributed by atoms with E-state index in [1.807, 2.05) is 25.1 Å². The van der Waals surface area contributed by atoms with Crippen molar-refractivity contribution in [1.82, 2.24) is 5.32 Å². The van der Waals surface area contributed by atoms with Crippen LogP contribution >= 0.6 is 24.0 Å². The molecule has 15 heavy (non-hydrogen) atoms. The first-order chi connectivity index (χ1) is 6.75. The fourth-order valence-corrected chi connectivity index (χ4v) is 1.51. The summed E-state index contributed by atoms with van der Waals surface area (Å²) in [6.07, 6.45) is 0. The summed E-state index contributed by atoms with van der Waals surface area (Å²) < 4.78 is 0. The Labute approximate surface area is 100 Å².